The molecule has 0 bridgehead atoms. The Morgan fingerprint density at radius 3 is 3.12 bits per heavy atom. The fraction of sp³-hybridized carbons (Fsp3) is 0.636. The third-order valence-electron chi connectivity index (χ3n) is 2.77. The van der Waals surface area contributed by atoms with Gasteiger partial charge in [-0.25, -0.2) is 9.97 Å². The minimum Gasteiger partial charge on any atom is -0.367 e. The van der Waals surface area contributed by atoms with Crippen molar-refractivity contribution in [3.8, 4) is 0 Å². The number of rotatable bonds is 4. The number of hydrogen-bond donors (Lipinski definition) is 1. The van der Waals surface area contributed by atoms with Crippen molar-refractivity contribution in [3.63, 3.8) is 0 Å². The lowest BCUT2D eigenvalue weighted by atomic mass is 10.2. The number of nitrogens with zero attached hydrogens (tertiary/aromatic N) is 2. The summed E-state index contributed by atoms with van der Waals surface area (Å²) in [6.45, 7) is 2.22. The average Bonchev–Trinajstić information content (AvgIpc) is 2.66. The van der Waals surface area contributed by atoms with Crippen molar-refractivity contribution < 1.29 is 0 Å². The number of anilines is 1. The molecule has 0 aromatic carbocycles. The second-order valence-corrected chi connectivity index (χ2v) is 5.92. The molecule has 0 aliphatic heterocycles. The molecule has 1 heterocycles. The molecule has 16 heavy (non-hydrogen) atoms. The molecule has 1 fully saturated rings. The van der Waals surface area contributed by atoms with Crippen molar-refractivity contribution in [2.75, 3.05) is 11.1 Å². The minimum absolute atomic E-state index is 0.495. The normalized spacial score (nSPS) is 24.6. The molecule has 3 nitrogen and oxygen atoms in total. The molecule has 0 spiro atoms. The van der Waals surface area contributed by atoms with Crippen LogP contribution in [0.1, 0.15) is 26.2 Å². The number of nitrogens with one attached hydrogen (secondary N) is 1. The number of hydrogen-bond acceptors (Lipinski definition) is 4. The first kappa shape index (κ1) is 12.0. The van der Waals surface area contributed by atoms with Crippen molar-refractivity contribution >= 4 is 29.2 Å². The van der Waals surface area contributed by atoms with E-state index in [2.05, 4.69) is 34.0 Å². The van der Waals surface area contributed by atoms with Crippen molar-refractivity contribution in [1.29, 1.82) is 0 Å². The molecule has 1 saturated carbocycles. The Bertz CT molecular complexity index is 348. The van der Waals surface area contributed by atoms with E-state index in [0.717, 1.165) is 11.1 Å². The van der Waals surface area contributed by atoms with E-state index in [1.54, 1.807) is 6.07 Å². The molecule has 1 aromatic heterocycles. The van der Waals surface area contributed by atoms with Crippen LogP contribution in [0.5, 0.6) is 0 Å². The van der Waals surface area contributed by atoms with Gasteiger partial charge in [-0.15, -0.1) is 0 Å². The van der Waals surface area contributed by atoms with Crippen LogP contribution in [-0.2, 0) is 0 Å². The molecule has 88 valence electrons. The van der Waals surface area contributed by atoms with Crippen LogP contribution >= 0.6 is 23.4 Å². The zero-order valence-electron chi connectivity index (χ0n) is 9.32. The molecule has 0 saturated heterocycles. The maximum absolute atomic E-state index is 5.81. The van der Waals surface area contributed by atoms with Crippen molar-refractivity contribution in [2.24, 2.45) is 0 Å². The first-order chi connectivity index (χ1) is 7.78. The minimum atomic E-state index is 0.495. The molecular weight excluding hydrogens is 242 g/mol. The summed E-state index contributed by atoms with van der Waals surface area (Å²) in [5.41, 5.74) is 0. The van der Waals surface area contributed by atoms with E-state index in [-0.39, 0.29) is 0 Å². The van der Waals surface area contributed by atoms with Crippen LogP contribution in [0.4, 0.5) is 5.82 Å². The van der Waals surface area contributed by atoms with Gasteiger partial charge in [0.1, 0.15) is 17.3 Å². The maximum Gasteiger partial charge on any atom is 0.134 e. The van der Waals surface area contributed by atoms with Crippen LogP contribution in [0.3, 0.4) is 0 Å². The fourth-order valence-corrected chi connectivity index (χ4v) is 3.37. The molecule has 1 aliphatic rings. The second-order valence-electron chi connectivity index (χ2n) is 3.96. The third-order valence-corrected chi connectivity index (χ3v) is 4.21. The second kappa shape index (κ2) is 5.73. The Morgan fingerprint density at radius 1 is 1.50 bits per heavy atom. The van der Waals surface area contributed by atoms with E-state index in [0.29, 0.717) is 11.2 Å². The molecule has 0 radical (unpaired) electrons. The molecule has 1 aromatic rings. The Hall–Kier alpha value is -0.480. The van der Waals surface area contributed by atoms with Crippen molar-refractivity contribution in [3.05, 3.63) is 17.5 Å². The standard InChI is InChI=1S/C11H16ClN3S/c1-2-16-9-4-3-8(5-9)15-11-6-10(12)13-7-14-11/h6-9H,2-5H2,1H3,(H,13,14,15). The zero-order chi connectivity index (χ0) is 11.4. The van der Waals surface area contributed by atoms with Crippen LogP contribution in [-0.4, -0.2) is 27.0 Å². The molecule has 5 heteroatoms. The first-order valence-corrected chi connectivity index (χ1v) is 7.06. The predicted octanol–water partition coefficient (Wildman–Crippen LogP) is 3.22. The van der Waals surface area contributed by atoms with Crippen LogP contribution in [0.15, 0.2) is 12.4 Å². The Kier molecular flexibility index (Phi) is 4.29. The zero-order valence-corrected chi connectivity index (χ0v) is 10.9. The van der Waals surface area contributed by atoms with E-state index < -0.39 is 0 Å². The van der Waals surface area contributed by atoms with Crippen molar-refractivity contribution in [1.82, 2.24) is 9.97 Å². The Balaban J connectivity index is 1.87. The van der Waals surface area contributed by atoms with E-state index in [4.69, 9.17) is 11.6 Å². The van der Waals surface area contributed by atoms with Gasteiger partial charge in [0.05, 0.1) is 0 Å². The summed E-state index contributed by atoms with van der Waals surface area (Å²) in [4.78, 5) is 8.03. The van der Waals surface area contributed by atoms with Crippen LogP contribution < -0.4 is 5.32 Å². The van der Waals surface area contributed by atoms with Gasteiger partial charge in [0.25, 0.3) is 0 Å². The Labute approximate surface area is 105 Å². The highest BCUT2D eigenvalue weighted by Gasteiger charge is 2.24. The van der Waals surface area contributed by atoms with Crippen LogP contribution in [0.2, 0.25) is 5.15 Å². The van der Waals surface area contributed by atoms with Gasteiger partial charge in [-0.1, -0.05) is 18.5 Å². The summed E-state index contributed by atoms with van der Waals surface area (Å²) in [6.07, 6.45) is 5.24. The number of halogens is 1. The van der Waals surface area contributed by atoms with E-state index in [1.165, 1.54) is 31.3 Å². The average molecular weight is 258 g/mol. The molecule has 1 aliphatic carbocycles. The molecule has 2 rings (SSSR count). The third kappa shape index (κ3) is 3.25. The smallest absolute Gasteiger partial charge is 0.134 e. The molecule has 0 amide bonds. The quantitative estimate of drug-likeness (QED) is 0.841. The van der Waals surface area contributed by atoms with Gasteiger partial charge in [-0.05, 0) is 25.0 Å². The van der Waals surface area contributed by atoms with Gasteiger partial charge in [0, 0.05) is 17.4 Å². The number of thioether (sulfide) groups is 1. The largest absolute Gasteiger partial charge is 0.367 e. The lowest BCUT2D eigenvalue weighted by Gasteiger charge is -2.13. The van der Waals surface area contributed by atoms with Gasteiger partial charge in [0.2, 0.25) is 0 Å². The SMILES string of the molecule is CCSC1CCC(Nc2cc(Cl)ncn2)C1. The summed E-state index contributed by atoms with van der Waals surface area (Å²) in [5.74, 6) is 2.05. The first-order valence-electron chi connectivity index (χ1n) is 5.63. The highest BCUT2D eigenvalue weighted by molar-refractivity contribution is 7.99. The summed E-state index contributed by atoms with van der Waals surface area (Å²) < 4.78 is 0. The van der Waals surface area contributed by atoms with Crippen LogP contribution in [0.25, 0.3) is 0 Å². The highest BCUT2D eigenvalue weighted by Crippen LogP contribution is 2.31. The summed E-state index contributed by atoms with van der Waals surface area (Å²) in [5, 5.41) is 4.72. The van der Waals surface area contributed by atoms with E-state index in [9.17, 15) is 0 Å². The van der Waals surface area contributed by atoms with Crippen molar-refractivity contribution in [2.45, 2.75) is 37.5 Å². The van der Waals surface area contributed by atoms with E-state index >= 15 is 0 Å². The number of aromatic nitrogens is 2. The summed E-state index contributed by atoms with van der Waals surface area (Å²) in [7, 11) is 0. The predicted molar refractivity (Wildman–Crippen MR) is 70.2 cm³/mol. The maximum atomic E-state index is 5.81. The van der Waals surface area contributed by atoms with Crippen LogP contribution in [0, 0.1) is 0 Å². The van der Waals surface area contributed by atoms with Gasteiger partial charge >= 0.3 is 0 Å². The van der Waals surface area contributed by atoms with Gasteiger partial charge in [-0.2, -0.15) is 11.8 Å². The topological polar surface area (TPSA) is 37.8 Å². The molecule has 2 unspecified atom stereocenters. The van der Waals surface area contributed by atoms with Gasteiger partial charge in [-0.3, -0.25) is 0 Å². The monoisotopic (exact) mass is 257 g/mol. The molecular formula is C11H16ClN3S. The Morgan fingerprint density at radius 2 is 2.38 bits per heavy atom. The summed E-state index contributed by atoms with van der Waals surface area (Å²) >= 11 is 7.87. The van der Waals surface area contributed by atoms with Gasteiger partial charge in [0.15, 0.2) is 0 Å². The van der Waals surface area contributed by atoms with Gasteiger partial charge < -0.3 is 5.32 Å². The lowest BCUT2D eigenvalue weighted by molar-refractivity contribution is 0.751. The highest BCUT2D eigenvalue weighted by atomic mass is 35.5. The van der Waals surface area contributed by atoms with E-state index in [1.807, 2.05) is 0 Å². The molecule has 2 atom stereocenters. The molecule has 1 N–H and O–H groups in total. The lowest BCUT2D eigenvalue weighted by Crippen LogP contribution is -2.16. The summed E-state index contributed by atoms with van der Waals surface area (Å²) in [6, 6.07) is 2.32. The fourth-order valence-electron chi connectivity index (χ4n) is 2.08.